The third kappa shape index (κ3) is 6.79. The molecule has 8 atom stereocenters. The number of hydrogen-bond acceptors (Lipinski definition) is 16. The monoisotopic (exact) mass is 774 g/mol. The molecule has 6 rings (SSSR count). The van der Waals surface area contributed by atoms with Gasteiger partial charge in [0.2, 0.25) is 0 Å². The van der Waals surface area contributed by atoms with Crippen LogP contribution in [0.1, 0.15) is 26.3 Å². The van der Waals surface area contributed by atoms with Gasteiger partial charge in [-0.15, -0.1) is 0 Å². The van der Waals surface area contributed by atoms with Crippen LogP contribution in [0.3, 0.4) is 0 Å². The van der Waals surface area contributed by atoms with Crippen molar-refractivity contribution in [2.75, 3.05) is 11.5 Å². The second-order valence-corrected chi connectivity index (χ2v) is 14.2. The van der Waals surface area contributed by atoms with E-state index in [-0.39, 0.29) is 32.7 Å². The number of esters is 2. The third-order valence-corrected chi connectivity index (χ3v) is 9.99. The van der Waals surface area contributed by atoms with Crippen molar-refractivity contribution in [3.63, 3.8) is 0 Å². The number of hydrogen-bond donors (Lipinski definition) is 4. The van der Waals surface area contributed by atoms with Crippen LogP contribution in [-0.4, -0.2) is 128 Å². The third-order valence-electron chi connectivity index (χ3n) is 7.21. The molecule has 6 N–H and O–H groups in total. The number of aliphatic hydroxyl groups is 2. The van der Waals surface area contributed by atoms with Gasteiger partial charge in [-0.2, -0.15) is 0 Å². The molecule has 0 bridgehead atoms. The van der Waals surface area contributed by atoms with Crippen LogP contribution >= 0.6 is 0 Å². The van der Waals surface area contributed by atoms with Gasteiger partial charge in [0.1, 0.15) is 0 Å². The molecule has 0 saturated carbocycles. The molecule has 46 heavy (non-hydrogen) atoms. The minimum absolute atomic E-state index is 0.237. The zero-order valence-corrected chi connectivity index (χ0v) is 28.7. The summed E-state index contributed by atoms with van der Waals surface area (Å²) in [4.78, 5) is 47.7. The summed E-state index contributed by atoms with van der Waals surface area (Å²) < 4.78 is 26.0. The van der Waals surface area contributed by atoms with E-state index in [1.54, 1.807) is 9.13 Å². The van der Waals surface area contributed by atoms with Crippen molar-refractivity contribution in [2.45, 2.75) is 85.2 Å². The summed E-state index contributed by atoms with van der Waals surface area (Å²) in [6, 6.07) is 0. The Hall–Kier alpha value is -3.48. The zero-order valence-electron chi connectivity index (χ0n) is 25.2. The van der Waals surface area contributed by atoms with Gasteiger partial charge in [0.25, 0.3) is 0 Å². The predicted molar refractivity (Wildman–Crippen MR) is 163 cm³/mol. The molecule has 0 amide bonds. The van der Waals surface area contributed by atoms with Gasteiger partial charge in [-0.05, 0) is 0 Å². The van der Waals surface area contributed by atoms with Gasteiger partial charge in [-0.1, -0.05) is 0 Å². The van der Waals surface area contributed by atoms with E-state index in [0.717, 1.165) is 5.32 Å². The van der Waals surface area contributed by atoms with Crippen LogP contribution in [0.2, 0.25) is 22.3 Å². The molecule has 0 aromatic carbocycles. The summed E-state index contributed by atoms with van der Waals surface area (Å²) in [5, 5.41) is 21.6. The first-order chi connectivity index (χ1) is 22.0. The maximum absolute atomic E-state index is 11.6. The molecule has 0 radical (unpaired) electrons. The van der Waals surface area contributed by atoms with Crippen molar-refractivity contribution in [3.05, 3.63) is 25.3 Å². The Labute approximate surface area is 274 Å². The van der Waals surface area contributed by atoms with Crippen LogP contribution in [0.25, 0.3) is 22.3 Å². The summed E-state index contributed by atoms with van der Waals surface area (Å²) in [5.74, 6) is 3.66. The van der Waals surface area contributed by atoms with Gasteiger partial charge in [0, 0.05) is 0 Å². The number of fused-ring (bicyclic) bond motifs is 2. The molecule has 0 spiro atoms. The SMILES string of the molecule is C[Se]C[C@H]1O[C@@H](n2cnc3c(N)ncnc32)[C@@H](O)C1O.C[Se]C[C@H]1O[C@@H](n2cnc3c(N)ncnc32)[C@@H](OC(C)=O)C1OC(C)=O. The first-order valence-corrected chi connectivity index (χ1v) is 19.8. The number of nitrogen functional groups attached to an aromatic ring is 2. The van der Waals surface area contributed by atoms with Gasteiger partial charge in [0.05, 0.1) is 0 Å². The fourth-order valence-electron chi connectivity index (χ4n) is 5.25. The number of anilines is 2. The Morgan fingerprint density at radius 3 is 1.76 bits per heavy atom. The summed E-state index contributed by atoms with van der Waals surface area (Å²) in [6.45, 7) is 2.61. The Kier molecular flexibility index (Phi) is 10.7. The second kappa shape index (κ2) is 14.5. The second-order valence-electron chi connectivity index (χ2n) is 10.3. The molecular weight excluding hydrogens is 738 g/mol. The number of carbonyl (C=O) groups excluding carboxylic acids is 2. The van der Waals surface area contributed by atoms with Crippen molar-refractivity contribution in [3.8, 4) is 0 Å². The number of nitrogens with zero attached hydrogens (tertiary/aromatic N) is 8. The van der Waals surface area contributed by atoms with E-state index in [0.29, 0.717) is 42.6 Å². The standard InChI is InChI=1S/C15H19N5O5Se.C11H15N5O3Se/c1-7(21)23-11-9(4-26-3)25-15(12(11)24-8(2)22)20-6-19-10-13(16)17-5-18-14(10)20;1-20-2-5-7(17)8(18)11(19-5)16-4-15-6-9(12)13-3-14-10(6)16/h5-6,9,11-12,15H,4H2,1-3H3,(H2,16,17,18);3-5,7-8,11,17-18H,2H2,1H3,(H2,12,13,14)/t9-,11?,12+,15-;5-,7?,8+,11-/m11/s1. The normalized spacial score (nSPS) is 27.4. The van der Waals surface area contributed by atoms with Crippen LogP contribution in [0.4, 0.5) is 11.6 Å². The van der Waals surface area contributed by atoms with Gasteiger partial charge in [0.15, 0.2) is 0 Å². The average molecular weight is 773 g/mol. The molecule has 2 aliphatic heterocycles. The maximum atomic E-state index is 11.6. The van der Waals surface area contributed by atoms with E-state index in [4.69, 9.17) is 30.4 Å². The number of rotatable bonds is 8. The van der Waals surface area contributed by atoms with E-state index >= 15 is 0 Å². The van der Waals surface area contributed by atoms with Gasteiger partial charge in [-0.3, -0.25) is 0 Å². The quantitative estimate of drug-likeness (QED) is 0.131. The summed E-state index contributed by atoms with van der Waals surface area (Å²) in [5.41, 5.74) is 13.4. The summed E-state index contributed by atoms with van der Waals surface area (Å²) in [7, 11) is 0. The van der Waals surface area contributed by atoms with E-state index in [2.05, 4.69) is 41.5 Å². The zero-order chi connectivity index (χ0) is 33.1. The molecule has 6 heterocycles. The fraction of sp³-hybridized carbons (Fsp3) is 0.538. The van der Waals surface area contributed by atoms with Gasteiger partial charge < -0.3 is 0 Å². The Bertz CT molecular complexity index is 1690. The van der Waals surface area contributed by atoms with Crippen LogP contribution in [-0.2, 0) is 28.5 Å². The number of aliphatic hydroxyl groups excluding tert-OH is 2. The topological polar surface area (TPSA) is 251 Å². The molecular formula is C26H34N10O8Se2. The molecule has 4 aromatic rings. The molecule has 18 nitrogen and oxygen atoms in total. The molecule has 0 aliphatic carbocycles. The number of carbonyl (C=O) groups is 2. The predicted octanol–water partition coefficient (Wildman–Crippen LogP) is -0.462. The molecule has 2 aliphatic rings. The van der Waals surface area contributed by atoms with E-state index in [9.17, 15) is 19.8 Å². The molecule has 248 valence electrons. The van der Waals surface area contributed by atoms with Gasteiger partial charge in [-0.25, -0.2) is 0 Å². The van der Waals surface area contributed by atoms with Crippen molar-refractivity contribution >= 4 is 75.8 Å². The number of nitrogens with two attached hydrogens (primary N) is 2. The molecule has 4 aromatic heterocycles. The average Bonchev–Trinajstić information content (AvgIpc) is 3.77. The van der Waals surface area contributed by atoms with Crippen molar-refractivity contribution in [1.29, 1.82) is 0 Å². The molecule has 2 unspecified atom stereocenters. The van der Waals surface area contributed by atoms with Crippen molar-refractivity contribution < 1.29 is 38.7 Å². The van der Waals surface area contributed by atoms with E-state index in [1.165, 1.54) is 39.2 Å². The molecule has 2 fully saturated rings. The van der Waals surface area contributed by atoms with Crippen LogP contribution in [0.5, 0.6) is 0 Å². The number of aromatic nitrogens is 8. The Morgan fingerprint density at radius 2 is 1.24 bits per heavy atom. The Morgan fingerprint density at radius 1 is 0.761 bits per heavy atom. The summed E-state index contributed by atoms with van der Waals surface area (Å²) in [6.07, 6.45) is -0.0105. The van der Waals surface area contributed by atoms with Crippen molar-refractivity contribution in [2.24, 2.45) is 0 Å². The van der Waals surface area contributed by atoms with Crippen molar-refractivity contribution in [1.82, 2.24) is 39.0 Å². The van der Waals surface area contributed by atoms with Crippen LogP contribution < -0.4 is 11.5 Å². The van der Waals surface area contributed by atoms with Gasteiger partial charge >= 0.3 is 276 Å². The molecule has 20 heteroatoms. The number of imidazole rings is 2. The van der Waals surface area contributed by atoms with Crippen LogP contribution in [0, 0.1) is 0 Å². The molecule has 2 saturated heterocycles. The summed E-state index contributed by atoms with van der Waals surface area (Å²) >= 11 is 0.617. The number of ether oxygens (including phenoxy) is 4. The van der Waals surface area contributed by atoms with Crippen LogP contribution in [0.15, 0.2) is 25.3 Å². The van der Waals surface area contributed by atoms with E-state index < -0.39 is 54.9 Å². The Balaban J connectivity index is 0.000000187. The van der Waals surface area contributed by atoms with E-state index in [1.807, 2.05) is 0 Å². The first kappa shape index (κ1) is 33.9. The fourth-order valence-corrected chi connectivity index (χ4v) is 7.77. The minimum atomic E-state index is -1.02. The first-order valence-electron chi connectivity index (χ1n) is 13.9.